The van der Waals surface area contributed by atoms with E-state index in [1.54, 1.807) is 0 Å². The third-order valence-electron chi connectivity index (χ3n) is 4.02. The van der Waals surface area contributed by atoms with Gasteiger partial charge in [0.2, 0.25) is 0 Å². The van der Waals surface area contributed by atoms with Crippen molar-refractivity contribution < 1.29 is 0 Å². The van der Waals surface area contributed by atoms with E-state index >= 15 is 0 Å². The summed E-state index contributed by atoms with van der Waals surface area (Å²) in [6, 6.07) is 8.50. The lowest BCUT2D eigenvalue weighted by Gasteiger charge is -2.11. The first-order valence-electron chi connectivity index (χ1n) is 7.06. The number of hydrogen-bond acceptors (Lipinski definition) is 2. The van der Waals surface area contributed by atoms with E-state index in [1.807, 2.05) is 0 Å². The Morgan fingerprint density at radius 2 is 1.70 bits per heavy atom. The molecule has 1 aromatic heterocycles. The van der Waals surface area contributed by atoms with Gasteiger partial charge in [-0.3, -0.25) is 0 Å². The van der Waals surface area contributed by atoms with Crippen LogP contribution in [0.25, 0.3) is 11.4 Å². The van der Waals surface area contributed by atoms with Crippen molar-refractivity contribution in [2.24, 2.45) is 0 Å². The smallest absolute Gasteiger partial charge is 0.161 e. The minimum Gasteiger partial charge on any atom is -0.232 e. The molecule has 4 rings (SSSR count). The van der Waals surface area contributed by atoms with Crippen molar-refractivity contribution in [2.75, 3.05) is 0 Å². The van der Waals surface area contributed by atoms with Gasteiger partial charge < -0.3 is 0 Å². The lowest BCUT2D eigenvalue weighted by Crippen LogP contribution is -2.01. The summed E-state index contributed by atoms with van der Waals surface area (Å²) in [7, 11) is 0. The molecule has 1 heterocycles. The highest BCUT2D eigenvalue weighted by atomic mass is 127. The molecule has 4 heteroatoms. The molecule has 0 aliphatic heterocycles. The molecule has 0 spiro atoms. The molecule has 2 aliphatic rings. The average molecular weight is 397 g/mol. The molecule has 1 aromatic carbocycles. The van der Waals surface area contributed by atoms with Crippen LogP contribution in [0, 0.1) is 3.57 Å². The standard InChI is InChI=1S/C16H14ClIN2/c17-15-13(18)14(10-7-8-10)19-16(20-15)12-4-2-1-3-11(12)9-5-6-9/h1-4,9-10H,5-8H2. The number of benzene rings is 1. The van der Waals surface area contributed by atoms with E-state index in [0.717, 1.165) is 20.7 Å². The maximum absolute atomic E-state index is 6.33. The Kier molecular flexibility index (Phi) is 3.22. The number of halogens is 2. The molecular weight excluding hydrogens is 383 g/mol. The van der Waals surface area contributed by atoms with Crippen LogP contribution < -0.4 is 0 Å². The zero-order chi connectivity index (χ0) is 13.7. The van der Waals surface area contributed by atoms with E-state index in [-0.39, 0.29) is 0 Å². The molecule has 0 amide bonds. The fourth-order valence-corrected chi connectivity index (χ4v) is 3.49. The van der Waals surface area contributed by atoms with E-state index in [1.165, 1.54) is 31.2 Å². The summed E-state index contributed by atoms with van der Waals surface area (Å²) in [5, 5.41) is 0.600. The fraction of sp³-hybridized carbons (Fsp3) is 0.375. The second kappa shape index (κ2) is 4.95. The number of rotatable bonds is 3. The van der Waals surface area contributed by atoms with Crippen LogP contribution in [0.2, 0.25) is 5.15 Å². The fourth-order valence-electron chi connectivity index (χ4n) is 2.63. The van der Waals surface area contributed by atoms with Crippen LogP contribution in [0.3, 0.4) is 0 Å². The SMILES string of the molecule is Clc1nc(-c2ccccc2C2CC2)nc(C2CC2)c1I. The van der Waals surface area contributed by atoms with Crippen LogP contribution in [0.5, 0.6) is 0 Å². The molecule has 0 saturated heterocycles. The molecule has 0 atom stereocenters. The predicted molar refractivity (Wildman–Crippen MR) is 89.1 cm³/mol. The Labute approximate surface area is 137 Å². The number of hydrogen-bond donors (Lipinski definition) is 0. The first kappa shape index (κ1) is 13.0. The molecule has 0 unspecified atom stereocenters. The highest BCUT2D eigenvalue weighted by Gasteiger charge is 2.31. The van der Waals surface area contributed by atoms with Gasteiger partial charge in [-0.15, -0.1) is 0 Å². The third kappa shape index (κ3) is 2.35. The van der Waals surface area contributed by atoms with Gasteiger partial charge in [-0.25, -0.2) is 9.97 Å². The quantitative estimate of drug-likeness (QED) is 0.529. The van der Waals surface area contributed by atoms with Gasteiger partial charge >= 0.3 is 0 Å². The van der Waals surface area contributed by atoms with E-state index in [2.05, 4.69) is 51.8 Å². The van der Waals surface area contributed by atoms with E-state index in [9.17, 15) is 0 Å². The summed E-state index contributed by atoms with van der Waals surface area (Å²) in [6.07, 6.45) is 5.02. The van der Waals surface area contributed by atoms with Crippen molar-refractivity contribution >= 4 is 34.2 Å². The molecule has 2 fully saturated rings. The first-order valence-corrected chi connectivity index (χ1v) is 8.52. The minimum absolute atomic E-state index is 0.592. The Hall–Kier alpha value is -0.680. The Morgan fingerprint density at radius 3 is 2.40 bits per heavy atom. The average Bonchev–Trinajstić information content (AvgIpc) is 3.34. The second-order valence-electron chi connectivity index (χ2n) is 5.67. The monoisotopic (exact) mass is 396 g/mol. The summed E-state index contributed by atoms with van der Waals surface area (Å²) >= 11 is 8.60. The van der Waals surface area contributed by atoms with Crippen LogP contribution >= 0.6 is 34.2 Å². The van der Waals surface area contributed by atoms with Gasteiger partial charge in [0.15, 0.2) is 5.82 Å². The maximum Gasteiger partial charge on any atom is 0.161 e. The van der Waals surface area contributed by atoms with Gasteiger partial charge in [0.05, 0.1) is 9.26 Å². The second-order valence-corrected chi connectivity index (χ2v) is 7.11. The van der Waals surface area contributed by atoms with Crippen molar-refractivity contribution in [3.63, 3.8) is 0 Å². The summed E-state index contributed by atoms with van der Waals surface area (Å²) < 4.78 is 1.03. The van der Waals surface area contributed by atoms with E-state index in [0.29, 0.717) is 17.0 Å². The summed E-state index contributed by atoms with van der Waals surface area (Å²) in [5.74, 6) is 2.09. The van der Waals surface area contributed by atoms with Gasteiger partial charge in [-0.2, -0.15) is 0 Å². The minimum atomic E-state index is 0.592. The van der Waals surface area contributed by atoms with Crippen LogP contribution in [0.4, 0.5) is 0 Å². The van der Waals surface area contributed by atoms with Crippen molar-refractivity contribution in [3.8, 4) is 11.4 Å². The zero-order valence-electron chi connectivity index (χ0n) is 10.9. The molecule has 20 heavy (non-hydrogen) atoms. The Morgan fingerprint density at radius 1 is 1.00 bits per heavy atom. The maximum atomic E-state index is 6.33. The predicted octanol–water partition coefficient (Wildman–Crippen LogP) is 5.16. The van der Waals surface area contributed by atoms with Crippen molar-refractivity contribution in [1.82, 2.24) is 9.97 Å². The summed E-state index contributed by atoms with van der Waals surface area (Å²) in [6.45, 7) is 0. The summed E-state index contributed by atoms with van der Waals surface area (Å²) in [4.78, 5) is 9.36. The van der Waals surface area contributed by atoms with Crippen LogP contribution in [-0.2, 0) is 0 Å². The Balaban J connectivity index is 1.86. The largest absolute Gasteiger partial charge is 0.232 e. The molecule has 2 nitrogen and oxygen atoms in total. The van der Waals surface area contributed by atoms with Crippen LogP contribution in [0.15, 0.2) is 24.3 Å². The van der Waals surface area contributed by atoms with E-state index in [4.69, 9.17) is 16.6 Å². The van der Waals surface area contributed by atoms with Gasteiger partial charge in [0.1, 0.15) is 5.15 Å². The molecule has 2 saturated carbocycles. The molecule has 0 N–H and O–H groups in total. The van der Waals surface area contributed by atoms with Gasteiger partial charge in [-0.1, -0.05) is 35.9 Å². The molecule has 0 bridgehead atoms. The Bertz CT molecular complexity index is 678. The van der Waals surface area contributed by atoms with E-state index < -0.39 is 0 Å². The van der Waals surface area contributed by atoms with Crippen molar-refractivity contribution in [1.29, 1.82) is 0 Å². The molecular formula is C16H14ClIN2. The van der Waals surface area contributed by atoms with Gasteiger partial charge in [-0.05, 0) is 59.8 Å². The highest BCUT2D eigenvalue weighted by Crippen LogP contribution is 2.46. The molecule has 2 aromatic rings. The van der Waals surface area contributed by atoms with Crippen LogP contribution in [0.1, 0.15) is 48.8 Å². The van der Waals surface area contributed by atoms with Gasteiger partial charge in [0.25, 0.3) is 0 Å². The molecule has 102 valence electrons. The highest BCUT2D eigenvalue weighted by molar-refractivity contribution is 14.1. The van der Waals surface area contributed by atoms with Crippen molar-refractivity contribution in [3.05, 3.63) is 44.2 Å². The summed E-state index contributed by atoms with van der Waals surface area (Å²) in [5.41, 5.74) is 3.69. The van der Waals surface area contributed by atoms with Gasteiger partial charge in [0, 0.05) is 11.5 Å². The molecule has 0 radical (unpaired) electrons. The number of nitrogens with zero attached hydrogens (tertiary/aromatic N) is 2. The zero-order valence-corrected chi connectivity index (χ0v) is 13.9. The lowest BCUT2D eigenvalue weighted by atomic mass is 10.0. The molecule has 2 aliphatic carbocycles. The third-order valence-corrected chi connectivity index (χ3v) is 5.68. The number of aromatic nitrogens is 2. The van der Waals surface area contributed by atoms with Crippen molar-refractivity contribution in [2.45, 2.75) is 37.5 Å². The topological polar surface area (TPSA) is 25.8 Å². The normalized spacial score (nSPS) is 18.3. The lowest BCUT2D eigenvalue weighted by molar-refractivity contribution is 0.973. The van der Waals surface area contributed by atoms with Crippen LogP contribution in [-0.4, -0.2) is 9.97 Å². The first-order chi connectivity index (χ1) is 9.74.